The Hall–Kier alpha value is -1.86. The maximum atomic E-state index is 13.8. The zero-order valence-electron chi connectivity index (χ0n) is 11.8. The van der Waals surface area contributed by atoms with Crippen LogP contribution in [0.5, 0.6) is 0 Å². The molecule has 2 aromatic rings. The van der Waals surface area contributed by atoms with Crippen molar-refractivity contribution in [1.82, 2.24) is 15.2 Å². The molecule has 114 valence electrons. The molecular weight excluding hydrogens is 281 g/mol. The van der Waals surface area contributed by atoms with Gasteiger partial charge in [0.05, 0.1) is 11.7 Å². The lowest BCUT2D eigenvalue weighted by Gasteiger charge is -2.17. The molecule has 0 fully saturated rings. The minimum atomic E-state index is -0.973. The minimum Gasteiger partial charge on any atom is -0.271 e. The second-order valence-electron chi connectivity index (χ2n) is 5.09. The van der Waals surface area contributed by atoms with Crippen molar-refractivity contribution in [3.05, 3.63) is 53.1 Å². The Bertz CT molecular complexity index is 601. The molecule has 0 saturated carbocycles. The van der Waals surface area contributed by atoms with Crippen LogP contribution < -0.4 is 11.3 Å². The number of hydrogen-bond acceptors (Lipinski definition) is 3. The Labute approximate surface area is 120 Å². The summed E-state index contributed by atoms with van der Waals surface area (Å²) >= 11 is 0. The van der Waals surface area contributed by atoms with Gasteiger partial charge in [0.25, 0.3) is 0 Å². The van der Waals surface area contributed by atoms with Gasteiger partial charge in [-0.15, -0.1) is 0 Å². The topological polar surface area (TPSA) is 55.9 Å². The summed E-state index contributed by atoms with van der Waals surface area (Å²) in [5, 5.41) is 4.30. The van der Waals surface area contributed by atoms with Gasteiger partial charge < -0.3 is 0 Å². The van der Waals surface area contributed by atoms with Crippen molar-refractivity contribution in [3.63, 3.8) is 0 Å². The molecule has 0 saturated heterocycles. The molecule has 1 unspecified atom stereocenters. The lowest BCUT2D eigenvalue weighted by molar-refractivity contribution is 0.455. The Morgan fingerprint density at radius 1 is 1.24 bits per heavy atom. The molecule has 1 aromatic carbocycles. The Balaban J connectivity index is 2.27. The van der Waals surface area contributed by atoms with Crippen molar-refractivity contribution in [1.29, 1.82) is 0 Å². The summed E-state index contributed by atoms with van der Waals surface area (Å²) < 4.78 is 42.3. The molecule has 0 aliphatic carbocycles. The predicted molar refractivity (Wildman–Crippen MR) is 72.7 cm³/mol. The highest BCUT2D eigenvalue weighted by Crippen LogP contribution is 2.24. The lowest BCUT2D eigenvalue weighted by Crippen LogP contribution is -2.31. The van der Waals surface area contributed by atoms with E-state index in [2.05, 4.69) is 10.5 Å². The van der Waals surface area contributed by atoms with Crippen molar-refractivity contribution >= 4 is 0 Å². The molecule has 1 aromatic heterocycles. The molecule has 0 amide bonds. The van der Waals surface area contributed by atoms with Crippen LogP contribution in [0, 0.1) is 17.5 Å². The van der Waals surface area contributed by atoms with E-state index in [4.69, 9.17) is 5.84 Å². The lowest BCUT2D eigenvalue weighted by atomic mass is 10.0. The molecule has 4 nitrogen and oxygen atoms in total. The first kappa shape index (κ1) is 15.5. The van der Waals surface area contributed by atoms with Gasteiger partial charge in [0.15, 0.2) is 0 Å². The Morgan fingerprint density at radius 2 is 1.86 bits per heavy atom. The minimum absolute atomic E-state index is 0.183. The van der Waals surface area contributed by atoms with Gasteiger partial charge in [-0.25, -0.2) is 13.2 Å². The van der Waals surface area contributed by atoms with E-state index in [1.165, 1.54) is 0 Å². The summed E-state index contributed by atoms with van der Waals surface area (Å²) in [4.78, 5) is 0. The molecule has 1 heterocycles. The van der Waals surface area contributed by atoms with E-state index in [1.807, 2.05) is 13.8 Å². The quantitative estimate of drug-likeness (QED) is 0.659. The molecule has 2 rings (SSSR count). The van der Waals surface area contributed by atoms with Crippen molar-refractivity contribution in [2.75, 3.05) is 0 Å². The maximum absolute atomic E-state index is 13.8. The van der Waals surface area contributed by atoms with Gasteiger partial charge in [0.2, 0.25) is 0 Å². The molecule has 0 aliphatic heterocycles. The third-order valence-corrected chi connectivity index (χ3v) is 3.20. The van der Waals surface area contributed by atoms with Gasteiger partial charge in [0, 0.05) is 36.4 Å². The first-order chi connectivity index (χ1) is 9.92. The molecular formula is C14H17F3N4. The summed E-state index contributed by atoms with van der Waals surface area (Å²) in [6.45, 7) is 3.93. The van der Waals surface area contributed by atoms with Crippen molar-refractivity contribution in [3.8, 4) is 0 Å². The number of benzene rings is 1. The van der Waals surface area contributed by atoms with Crippen molar-refractivity contribution in [2.24, 2.45) is 5.84 Å². The zero-order chi connectivity index (χ0) is 15.6. The first-order valence-corrected chi connectivity index (χ1v) is 6.57. The van der Waals surface area contributed by atoms with Gasteiger partial charge in [-0.3, -0.25) is 16.0 Å². The van der Waals surface area contributed by atoms with E-state index in [0.717, 1.165) is 0 Å². The average molecular weight is 298 g/mol. The molecule has 0 aliphatic rings. The number of nitrogens with zero attached hydrogens (tertiary/aromatic N) is 2. The van der Waals surface area contributed by atoms with Crippen LogP contribution in [0.2, 0.25) is 0 Å². The number of aromatic nitrogens is 2. The van der Waals surface area contributed by atoms with E-state index < -0.39 is 23.5 Å². The largest absolute Gasteiger partial charge is 0.271 e. The van der Waals surface area contributed by atoms with E-state index >= 15 is 0 Å². The van der Waals surface area contributed by atoms with E-state index in [0.29, 0.717) is 17.8 Å². The monoisotopic (exact) mass is 298 g/mol. The molecule has 0 bridgehead atoms. The van der Waals surface area contributed by atoms with Crippen LogP contribution in [0.15, 0.2) is 24.4 Å². The van der Waals surface area contributed by atoms with E-state index in [1.54, 1.807) is 16.9 Å². The smallest absolute Gasteiger partial charge is 0.133 e. The highest BCUT2D eigenvalue weighted by Gasteiger charge is 2.22. The van der Waals surface area contributed by atoms with Crippen molar-refractivity contribution < 1.29 is 13.2 Å². The Kier molecular flexibility index (Phi) is 4.64. The first-order valence-electron chi connectivity index (χ1n) is 6.57. The molecule has 0 spiro atoms. The fourth-order valence-electron chi connectivity index (χ4n) is 2.11. The van der Waals surface area contributed by atoms with Crippen LogP contribution in [0.25, 0.3) is 0 Å². The average Bonchev–Trinajstić information content (AvgIpc) is 2.85. The second kappa shape index (κ2) is 6.28. The second-order valence-corrected chi connectivity index (χ2v) is 5.09. The zero-order valence-corrected chi connectivity index (χ0v) is 11.8. The molecule has 0 radical (unpaired) electrons. The van der Waals surface area contributed by atoms with Crippen LogP contribution >= 0.6 is 0 Å². The normalized spacial score (nSPS) is 12.9. The fourth-order valence-corrected chi connectivity index (χ4v) is 2.11. The van der Waals surface area contributed by atoms with Gasteiger partial charge in [-0.2, -0.15) is 5.10 Å². The molecule has 7 heteroatoms. The van der Waals surface area contributed by atoms with Crippen LogP contribution in [-0.4, -0.2) is 9.78 Å². The summed E-state index contributed by atoms with van der Waals surface area (Å²) in [7, 11) is 0. The molecule has 21 heavy (non-hydrogen) atoms. The van der Waals surface area contributed by atoms with Gasteiger partial charge >= 0.3 is 0 Å². The van der Waals surface area contributed by atoms with E-state index in [-0.39, 0.29) is 18.0 Å². The van der Waals surface area contributed by atoms with E-state index in [9.17, 15) is 13.2 Å². The number of hydrazine groups is 1. The van der Waals surface area contributed by atoms with Gasteiger partial charge in [-0.1, -0.05) is 0 Å². The number of halogens is 3. The Morgan fingerprint density at radius 3 is 2.33 bits per heavy atom. The van der Waals surface area contributed by atoms with Crippen molar-refractivity contribution in [2.45, 2.75) is 32.4 Å². The fraction of sp³-hybridized carbons (Fsp3) is 0.357. The predicted octanol–water partition coefficient (Wildman–Crippen LogP) is 2.63. The summed E-state index contributed by atoms with van der Waals surface area (Å²) in [6.07, 6.45) is 1.97. The third-order valence-electron chi connectivity index (χ3n) is 3.20. The summed E-state index contributed by atoms with van der Waals surface area (Å²) in [5.74, 6) is 2.47. The molecule has 1 atom stereocenters. The number of rotatable bonds is 5. The van der Waals surface area contributed by atoms with Crippen LogP contribution in [-0.2, 0) is 6.42 Å². The highest BCUT2D eigenvalue weighted by molar-refractivity contribution is 5.25. The summed E-state index contributed by atoms with van der Waals surface area (Å²) in [5.41, 5.74) is 2.70. The number of nitrogens with two attached hydrogens (primary N) is 1. The number of nitrogens with one attached hydrogen (secondary N) is 1. The summed E-state index contributed by atoms with van der Waals surface area (Å²) in [6, 6.07) is 2.37. The molecule has 3 N–H and O–H groups in total. The van der Waals surface area contributed by atoms with Gasteiger partial charge in [0.1, 0.15) is 17.5 Å². The van der Waals surface area contributed by atoms with Crippen LogP contribution in [0.1, 0.15) is 37.2 Å². The van der Waals surface area contributed by atoms with Gasteiger partial charge in [-0.05, 0) is 19.9 Å². The SMILES string of the molecule is CC(C)n1ccc(CC(NN)c2c(F)cc(F)cc2F)n1. The van der Waals surface area contributed by atoms with Crippen LogP contribution in [0.4, 0.5) is 13.2 Å². The maximum Gasteiger partial charge on any atom is 0.133 e. The number of hydrogen-bond donors (Lipinski definition) is 2. The third kappa shape index (κ3) is 3.43. The van der Waals surface area contributed by atoms with Crippen LogP contribution in [0.3, 0.4) is 0 Å². The highest BCUT2D eigenvalue weighted by atomic mass is 19.1. The standard InChI is InChI=1S/C14H17F3N4/c1-8(2)21-4-3-10(20-21)7-13(19-18)14-11(16)5-9(15)6-12(14)17/h3-6,8,13,19H,7,18H2,1-2H3.